The summed E-state index contributed by atoms with van der Waals surface area (Å²) in [5.74, 6) is 0.0327. The number of benzene rings is 8. The summed E-state index contributed by atoms with van der Waals surface area (Å²) >= 11 is 22.6. The first-order chi connectivity index (χ1) is 66.4. The number of para-hydroxylation sites is 1. The number of carbonyl (C=O) groups excluding carboxylic acids is 5. The first kappa shape index (κ1) is 99.2. The summed E-state index contributed by atoms with van der Waals surface area (Å²) in [6, 6.07) is 51.9. The molecule has 0 bridgehead atoms. The van der Waals surface area contributed by atoms with Gasteiger partial charge >= 0.3 is 6.18 Å². The summed E-state index contributed by atoms with van der Waals surface area (Å²) in [6.45, 7) is 12.6. The number of ether oxygens (including phenoxy) is 1. The molecule has 11 heterocycles. The Kier molecular flexibility index (Phi) is 30.0. The van der Waals surface area contributed by atoms with Gasteiger partial charge in [0.25, 0.3) is 46.0 Å². The van der Waals surface area contributed by atoms with Crippen molar-refractivity contribution in [3.8, 4) is 5.75 Å². The van der Waals surface area contributed by atoms with Crippen LogP contribution in [0.15, 0.2) is 262 Å². The van der Waals surface area contributed by atoms with Crippen LogP contribution in [0.4, 0.5) is 56.4 Å². The van der Waals surface area contributed by atoms with Crippen molar-refractivity contribution >= 4 is 226 Å². The molecule has 19 rings (SSSR count). The molecule has 0 saturated carbocycles. The van der Waals surface area contributed by atoms with Crippen LogP contribution in [0.2, 0.25) is 15.1 Å². The molecule has 5 amide bonds. The molecule has 139 heavy (non-hydrogen) atoms. The molecule has 4 aliphatic rings. The number of hydrogen-bond acceptors (Lipinski definition) is 26. The highest BCUT2D eigenvalue weighted by atomic mass is 35.5. The number of piperazine rings is 3. The molecule has 0 aliphatic carbocycles. The number of aryl methyl sites for hydroxylation is 1. The molecule has 7 aromatic heterocycles. The highest BCUT2D eigenvalue weighted by Crippen LogP contribution is 2.38. The third kappa shape index (κ3) is 23.2. The Morgan fingerprint density at radius 3 is 1.60 bits per heavy atom. The molecule has 0 radical (unpaired) electrons. The van der Waals surface area contributed by atoms with E-state index >= 15 is 0 Å². The second kappa shape index (κ2) is 42.1. The molecule has 4 fully saturated rings. The number of nitrogens with one attached hydrogen (secondary N) is 4. The summed E-state index contributed by atoms with van der Waals surface area (Å²) in [5, 5.41) is 8.28. The van der Waals surface area contributed by atoms with Crippen molar-refractivity contribution < 1.29 is 81.3 Å². The first-order valence-electron chi connectivity index (χ1n) is 42.9. The van der Waals surface area contributed by atoms with Crippen LogP contribution in [0.1, 0.15) is 56.4 Å². The lowest BCUT2D eigenvalue weighted by Gasteiger charge is -2.41. The minimum atomic E-state index is -4.51. The van der Waals surface area contributed by atoms with Gasteiger partial charge in [0.2, 0.25) is 33.9 Å². The molecule has 3 unspecified atom stereocenters. The van der Waals surface area contributed by atoms with Crippen LogP contribution in [0.3, 0.4) is 0 Å². The van der Waals surface area contributed by atoms with Gasteiger partial charge in [-0.2, -0.15) is 21.9 Å². The highest BCUT2D eigenvalue weighted by molar-refractivity contribution is 7.94. The summed E-state index contributed by atoms with van der Waals surface area (Å²) in [7, 11) is -15.1. The van der Waals surface area contributed by atoms with Crippen LogP contribution < -0.4 is 43.2 Å². The van der Waals surface area contributed by atoms with Gasteiger partial charge in [-0.15, -0.1) is 22.7 Å². The average molecular weight is 2110 g/mol. The zero-order valence-electron chi connectivity index (χ0n) is 74.0. The Bertz CT molecular complexity index is 7500. The predicted octanol–water partition coefficient (Wildman–Crippen LogP) is 17.0. The Morgan fingerprint density at radius 1 is 0.525 bits per heavy atom. The van der Waals surface area contributed by atoms with Gasteiger partial charge in [-0.25, -0.2) is 53.6 Å². The number of rotatable bonds is 24. The number of anilines is 8. The largest absolute Gasteiger partial charge is 0.479 e. The molecular formula is C91H94Cl3F3N20O14S8. The smallest absolute Gasteiger partial charge is 0.416 e. The topological polar surface area (TPSA) is 394 Å². The van der Waals surface area contributed by atoms with E-state index in [-0.39, 0.29) is 118 Å². The van der Waals surface area contributed by atoms with Gasteiger partial charge in [-0.05, 0) is 202 Å². The van der Waals surface area contributed by atoms with Gasteiger partial charge in [0.1, 0.15) is 48.1 Å². The Hall–Kier alpha value is -12.8. The quantitative estimate of drug-likeness (QED) is 0.0436. The molecular weight excluding hydrogens is 2020 g/mol. The van der Waals surface area contributed by atoms with Crippen molar-refractivity contribution in [3.63, 3.8) is 0 Å². The summed E-state index contributed by atoms with van der Waals surface area (Å²) in [5.41, 5.74) is 4.34. The molecule has 8 aromatic carbocycles. The van der Waals surface area contributed by atoms with Crippen LogP contribution in [-0.4, -0.2) is 204 Å². The van der Waals surface area contributed by atoms with E-state index in [1.54, 1.807) is 121 Å². The van der Waals surface area contributed by atoms with Gasteiger partial charge in [0.15, 0.2) is 16.4 Å². The standard InChI is InChI=1S/C25H22F3N5O4S2.C24H26N6O3S2.C23H23ClN6O3S2.C19H15Cl2N3O4S2.4H2/c1-16(32-10-8-17-2-3-18(14-21(17)32)25(26,27)28)23(35)31-11-12-33(22(34)15-31)19-4-6-20(7-5-19)39(36,37)30-24-29-9-13-38-24;1-17(30-12-11-19-5-3-4-6-22(19)30)23(31)29-15-13-28(14-16-29)20-7-9-21(10-8-20)35(32,33)27-24-25-18(2)26-34-24;1-16-13-28(19-4-6-20(7-5-19)35(32,33)27-23-25-15-26-34-23)10-11-30(16)22(31)14-29-9-8-17-2-3-18(24)12-21(17)29;20-14-2-1-3-15(17(14)21)28-16-8-10-24(18(16)25)12-4-6-13(7-5-12)30(26,27)23-19-22-9-11-29-19;;;;/h2-10,13-14,16H,11-12,15H2,1H3,(H,29,30);3-12,17H,13-16H2,1-2H3,(H,25,26,27);2-9,12,15-16H,10-11,13-14H2,1H3,(H,25,26,27);1-7,9,11,16H,8,10H2,(H,22,23);4*1H/t16-;;;;;;;/m0......./s1. The number of amides is 5. The van der Waals surface area contributed by atoms with E-state index in [1.165, 1.54) is 86.9 Å². The lowest BCUT2D eigenvalue weighted by Crippen LogP contribution is -2.54. The molecule has 732 valence electrons. The average Bonchev–Trinajstić information content (AvgIpc) is 1.67. The molecule has 34 nitrogen and oxygen atoms in total. The predicted molar refractivity (Wildman–Crippen MR) is 540 cm³/mol. The van der Waals surface area contributed by atoms with Gasteiger partial charge in [0.05, 0.1) is 30.2 Å². The van der Waals surface area contributed by atoms with Crippen LogP contribution in [-0.2, 0) is 76.8 Å². The van der Waals surface area contributed by atoms with Gasteiger partial charge < -0.3 is 52.7 Å². The maximum absolute atomic E-state index is 13.2. The fourth-order valence-electron chi connectivity index (χ4n) is 16.1. The normalized spacial score (nSPS) is 16.0. The van der Waals surface area contributed by atoms with Crippen LogP contribution in [0, 0.1) is 6.92 Å². The minimum absolute atomic E-state index is 0. The zero-order chi connectivity index (χ0) is 98.4. The van der Waals surface area contributed by atoms with Crippen molar-refractivity contribution in [2.75, 3.05) is 110 Å². The van der Waals surface area contributed by atoms with E-state index in [4.69, 9.17) is 39.5 Å². The maximum atomic E-state index is 13.2. The van der Waals surface area contributed by atoms with Crippen molar-refractivity contribution in [2.24, 2.45) is 0 Å². The fraction of sp³-hybridized carbons (Fsp3) is 0.242. The fourth-order valence-corrected chi connectivity index (χ4v) is 23.7. The van der Waals surface area contributed by atoms with Crippen molar-refractivity contribution in [1.82, 2.24) is 57.1 Å². The SMILES string of the molecule is CC1CN(c2ccc(S(=O)(=O)Nc3ncns3)cc2)CCN1C(=O)Cn1ccc2ccc(Cl)cc21.C[C@@H](C(=O)N1CCN(c2ccc(S(=O)(=O)Nc3nccs3)cc2)C(=O)C1)n1ccc2ccc(C(F)(F)F)cc21.Cc1nsc(NS(=O)(=O)c2ccc(N3CCN(C(=O)C(C)n4ccc5ccccc54)CC3)cc2)n1.O=C1C(Oc2cccc(Cl)c2Cl)CCN1c1ccc(S(=O)(=O)Nc2nccs2)cc1.[HH].[HH].[HH].[HH]. The Labute approximate surface area is 833 Å². The van der Waals surface area contributed by atoms with E-state index < -0.39 is 69.9 Å². The number of nitrogens with zero attached hydrogens (tertiary/aromatic N) is 16. The Morgan fingerprint density at radius 2 is 1.04 bits per heavy atom. The first-order valence-corrected chi connectivity index (χ1v) is 53.2. The number of carbonyl (C=O) groups is 5. The van der Waals surface area contributed by atoms with Crippen LogP contribution in [0.25, 0.3) is 32.7 Å². The molecule has 4 atom stereocenters. The second-order valence-corrected chi connectivity index (χ2v) is 43.4. The van der Waals surface area contributed by atoms with Crippen molar-refractivity contribution in [3.05, 3.63) is 269 Å². The van der Waals surface area contributed by atoms with Gasteiger partial charge in [0, 0.05) is 193 Å². The second-order valence-electron chi connectivity index (χ2n) is 32.2. The molecule has 15 aromatic rings. The summed E-state index contributed by atoms with van der Waals surface area (Å²) in [6.07, 6.45) is 4.99. The summed E-state index contributed by atoms with van der Waals surface area (Å²) < 4.78 is 169. The van der Waals surface area contributed by atoms with E-state index in [9.17, 15) is 70.8 Å². The lowest BCUT2D eigenvalue weighted by molar-refractivity contribution is -0.139. The number of sulfonamides is 4. The third-order valence-corrected chi connectivity index (χ3v) is 32.9. The number of hydrogen-bond donors (Lipinski definition) is 4. The zero-order valence-corrected chi connectivity index (χ0v) is 82.8. The molecule has 48 heteroatoms. The number of halogens is 6. The van der Waals surface area contributed by atoms with E-state index in [2.05, 4.69) is 57.4 Å². The Balaban J connectivity index is 0.000000169. The number of thiazole rings is 2. The molecule has 4 saturated heterocycles. The van der Waals surface area contributed by atoms with Crippen LogP contribution in [0.5, 0.6) is 5.75 Å². The van der Waals surface area contributed by atoms with Crippen molar-refractivity contribution in [2.45, 2.75) is 90.6 Å². The highest BCUT2D eigenvalue weighted by Gasteiger charge is 2.38. The number of aromatic nitrogens is 9. The van der Waals surface area contributed by atoms with Gasteiger partial charge in [-0.3, -0.25) is 42.9 Å². The summed E-state index contributed by atoms with van der Waals surface area (Å²) in [4.78, 5) is 93.9. The number of fused-ring (bicyclic) bond motifs is 3. The van der Waals surface area contributed by atoms with Crippen LogP contribution >= 0.6 is 80.5 Å². The minimum Gasteiger partial charge on any atom is -0.479 e. The van der Waals surface area contributed by atoms with E-state index in [0.29, 0.717) is 97.2 Å². The molecule has 4 aliphatic heterocycles. The molecule has 0 spiro atoms. The third-order valence-electron chi connectivity index (χ3n) is 23.3. The van der Waals surface area contributed by atoms with Crippen molar-refractivity contribution in [1.29, 1.82) is 0 Å². The van der Waals surface area contributed by atoms with E-state index in [0.717, 1.165) is 79.7 Å². The molecule has 4 N–H and O–H groups in total. The maximum Gasteiger partial charge on any atom is 0.416 e. The monoisotopic (exact) mass is 2110 g/mol. The van der Waals surface area contributed by atoms with Gasteiger partial charge in [-0.1, -0.05) is 71.2 Å². The van der Waals surface area contributed by atoms with E-state index in [1.807, 2.05) is 99.8 Å². The lowest BCUT2D eigenvalue weighted by atomic mass is 10.1. The number of alkyl halides is 3.